The number of aliphatic imine (C=N–C) groups is 1. The van der Waals surface area contributed by atoms with Gasteiger partial charge in [0.1, 0.15) is 5.75 Å². The number of hydrogen-bond donors (Lipinski definition) is 2. The molecule has 2 aliphatic rings. The first-order valence-corrected chi connectivity index (χ1v) is 9.05. The number of nitrogens with two attached hydrogens (primary N) is 1. The molecule has 1 amide bonds. The molecule has 2 aliphatic heterocycles. The number of rotatable bonds is 5. The van der Waals surface area contributed by atoms with Crippen LogP contribution in [0.15, 0.2) is 57.7 Å². The summed E-state index contributed by atoms with van der Waals surface area (Å²) in [7, 11) is 1.49. The van der Waals surface area contributed by atoms with Crippen LogP contribution in [0.5, 0.6) is 5.75 Å². The fourth-order valence-electron chi connectivity index (χ4n) is 3.66. The van der Waals surface area contributed by atoms with Crippen molar-refractivity contribution in [3.8, 4) is 11.8 Å². The summed E-state index contributed by atoms with van der Waals surface area (Å²) < 4.78 is 11.2. The molecule has 8 heteroatoms. The van der Waals surface area contributed by atoms with E-state index in [0.29, 0.717) is 46.0 Å². The minimum Gasteiger partial charge on any atom is -0.496 e. The molecule has 0 saturated carbocycles. The van der Waals surface area contributed by atoms with Crippen LogP contribution in [-0.4, -0.2) is 35.6 Å². The molecule has 0 aliphatic carbocycles. The van der Waals surface area contributed by atoms with Gasteiger partial charge in [0, 0.05) is 17.5 Å². The van der Waals surface area contributed by atoms with Crippen molar-refractivity contribution in [3.05, 3.63) is 63.8 Å². The Kier molecular flexibility index (Phi) is 5.43. The van der Waals surface area contributed by atoms with Crippen LogP contribution in [0, 0.1) is 11.3 Å². The van der Waals surface area contributed by atoms with E-state index in [1.165, 1.54) is 13.3 Å². The molecule has 150 valence electrons. The first-order valence-electron chi connectivity index (χ1n) is 9.05. The molecule has 29 heavy (non-hydrogen) atoms. The van der Waals surface area contributed by atoms with Crippen LogP contribution < -0.4 is 10.5 Å². The van der Waals surface area contributed by atoms with Crippen molar-refractivity contribution in [2.75, 3.05) is 13.7 Å². The highest BCUT2D eigenvalue weighted by Crippen LogP contribution is 2.46. The number of hydroxylamine groups is 2. The highest BCUT2D eigenvalue weighted by molar-refractivity contribution is 6.17. The summed E-state index contributed by atoms with van der Waals surface area (Å²) in [5, 5.41) is 20.6. The van der Waals surface area contributed by atoms with Crippen LogP contribution in [0.25, 0.3) is 0 Å². The lowest BCUT2D eigenvalue weighted by atomic mass is 9.76. The number of methoxy groups -OCH3 is 1. The normalized spacial score (nSPS) is 18.6. The average molecular weight is 394 g/mol. The third-order valence-corrected chi connectivity index (χ3v) is 4.85. The number of nitrogens with zero attached hydrogens (tertiary/aromatic N) is 3. The van der Waals surface area contributed by atoms with Gasteiger partial charge < -0.3 is 15.2 Å². The molecule has 0 aromatic heterocycles. The van der Waals surface area contributed by atoms with Crippen molar-refractivity contribution >= 4 is 11.6 Å². The van der Waals surface area contributed by atoms with E-state index in [4.69, 9.17) is 15.2 Å². The number of carbonyl (C=O) groups is 1. The molecular weight excluding hydrogens is 372 g/mol. The van der Waals surface area contributed by atoms with Gasteiger partial charge >= 0.3 is 0 Å². The second-order valence-electron chi connectivity index (χ2n) is 6.63. The van der Waals surface area contributed by atoms with Gasteiger partial charge in [0.15, 0.2) is 0 Å². The Morgan fingerprint density at radius 3 is 2.72 bits per heavy atom. The minimum absolute atomic E-state index is 0.166. The Morgan fingerprint density at radius 1 is 1.41 bits per heavy atom. The molecular formula is C21H22N4O4. The molecule has 0 saturated heterocycles. The van der Waals surface area contributed by atoms with Gasteiger partial charge in [-0.1, -0.05) is 6.07 Å². The highest BCUT2D eigenvalue weighted by Gasteiger charge is 2.40. The largest absolute Gasteiger partial charge is 0.496 e. The number of allylic oxidation sites excluding steroid dienone is 3. The Balaban J connectivity index is 2.38. The molecule has 2 heterocycles. The summed E-state index contributed by atoms with van der Waals surface area (Å²) in [4.78, 5) is 17.0. The van der Waals surface area contributed by atoms with Crippen molar-refractivity contribution < 1.29 is 19.5 Å². The molecule has 1 unspecified atom stereocenters. The van der Waals surface area contributed by atoms with E-state index in [1.807, 2.05) is 0 Å². The Labute approximate surface area is 168 Å². The lowest BCUT2D eigenvalue weighted by molar-refractivity contribution is -0.114. The SMILES string of the molecule is CCOC1=C2C(=NC(C)=C(C(N)=O)C2c2ccc(C#N)cc2OC)C(C)=CN1O. The minimum atomic E-state index is -0.692. The number of primary amides is 1. The average Bonchev–Trinajstić information content (AvgIpc) is 2.69. The maximum Gasteiger partial charge on any atom is 0.247 e. The van der Waals surface area contributed by atoms with Gasteiger partial charge in [0.05, 0.1) is 48.1 Å². The fraction of sp³-hybridized carbons (Fsp3) is 0.286. The predicted molar refractivity (Wildman–Crippen MR) is 106 cm³/mol. The lowest BCUT2D eigenvalue weighted by Gasteiger charge is -2.35. The fourth-order valence-corrected chi connectivity index (χ4v) is 3.66. The monoisotopic (exact) mass is 394 g/mol. The first-order chi connectivity index (χ1) is 13.8. The van der Waals surface area contributed by atoms with Gasteiger partial charge in [-0.15, -0.1) is 0 Å². The predicted octanol–water partition coefficient (Wildman–Crippen LogP) is 2.72. The van der Waals surface area contributed by atoms with Crippen LogP contribution in [0.2, 0.25) is 0 Å². The van der Waals surface area contributed by atoms with Gasteiger partial charge in [0.25, 0.3) is 0 Å². The number of benzene rings is 1. The van der Waals surface area contributed by atoms with Gasteiger partial charge in [-0.25, -0.2) is 0 Å². The van der Waals surface area contributed by atoms with Gasteiger partial charge in [0.2, 0.25) is 11.8 Å². The number of amides is 1. The summed E-state index contributed by atoms with van der Waals surface area (Å²) in [6.07, 6.45) is 1.50. The molecule has 0 bridgehead atoms. The zero-order valence-electron chi connectivity index (χ0n) is 16.7. The number of ether oxygens (including phenoxy) is 2. The lowest BCUT2D eigenvalue weighted by Crippen LogP contribution is -2.34. The second-order valence-corrected chi connectivity index (χ2v) is 6.63. The summed E-state index contributed by atoms with van der Waals surface area (Å²) in [6, 6.07) is 7.02. The number of fused-ring (bicyclic) bond motifs is 1. The molecule has 3 N–H and O–H groups in total. The van der Waals surface area contributed by atoms with E-state index in [9.17, 15) is 15.3 Å². The van der Waals surface area contributed by atoms with E-state index < -0.39 is 11.8 Å². The number of nitriles is 1. The van der Waals surface area contributed by atoms with E-state index in [2.05, 4.69) is 11.1 Å². The molecule has 1 aromatic rings. The van der Waals surface area contributed by atoms with Crippen LogP contribution in [0.4, 0.5) is 0 Å². The molecule has 8 nitrogen and oxygen atoms in total. The molecule has 3 rings (SSSR count). The Hall–Kier alpha value is -3.57. The highest BCUT2D eigenvalue weighted by atomic mass is 16.6. The summed E-state index contributed by atoms with van der Waals surface area (Å²) in [5.41, 5.74) is 9.31. The Morgan fingerprint density at radius 2 is 2.14 bits per heavy atom. The van der Waals surface area contributed by atoms with Crippen LogP contribution in [-0.2, 0) is 9.53 Å². The Bertz CT molecular complexity index is 1040. The third-order valence-electron chi connectivity index (χ3n) is 4.85. The zero-order chi connectivity index (χ0) is 21.3. The molecule has 0 spiro atoms. The van der Waals surface area contributed by atoms with Crippen molar-refractivity contribution in [3.63, 3.8) is 0 Å². The van der Waals surface area contributed by atoms with Crippen molar-refractivity contribution in [1.82, 2.24) is 5.06 Å². The molecule has 0 fully saturated rings. The zero-order valence-corrected chi connectivity index (χ0v) is 16.7. The van der Waals surface area contributed by atoms with E-state index in [0.717, 1.165) is 5.06 Å². The van der Waals surface area contributed by atoms with Crippen LogP contribution >= 0.6 is 0 Å². The quantitative estimate of drug-likeness (QED) is 0.792. The van der Waals surface area contributed by atoms with Gasteiger partial charge in [-0.3, -0.25) is 15.0 Å². The second kappa shape index (κ2) is 7.81. The van der Waals surface area contributed by atoms with Crippen molar-refractivity contribution in [2.45, 2.75) is 26.7 Å². The first kappa shape index (κ1) is 20.2. The molecule has 1 atom stereocenters. The van der Waals surface area contributed by atoms with E-state index in [-0.39, 0.29) is 11.5 Å². The third kappa shape index (κ3) is 3.37. The van der Waals surface area contributed by atoms with Crippen molar-refractivity contribution in [1.29, 1.82) is 5.26 Å². The smallest absolute Gasteiger partial charge is 0.247 e. The summed E-state index contributed by atoms with van der Waals surface area (Å²) >= 11 is 0. The summed E-state index contributed by atoms with van der Waals surface area (Å²) in [6.45, 7) is 5.60. The number of carbonyl (C=O) groups excluding carboxylic acids is 1. The molecule has 1 aromatic carbocycles. The van der Waals surface area contributed by atoms with Crippen molar-refractivity contribution in [2.24, 2.45) is 10.7 Å². The standard InChI is InChI=1S/C21H22N4O4/c1-5-29-21-18-17(14-7-6-13(9-22)8-15(14)28-4)16(20(23)26)12(3)24-19(18)11(2)10-25(21)27/h6-8,10,17,27H,5H2,1-4H3,(H2,23,26). The topological polar surface area (TPSA) is 121 Å². The van der Waals surface area contributed by atoms with E-state index >= 15 is 0 Å². The maximum atomic E-state index is 12.4. The van der Waals surface area contributed by atoms with Crippen LogP contribution in [0.3, 0.4) is 0 Å². The van der Waals surface area contributed by atoms with Crippen LogP contribution in [0.1, 0.15) is 37.8 Å². The van der Waals surface area contributed by atoms with Gasteiger partial charge in [-0.2, -0.15) is 10.3 Å². The maximum absolute atomic E-state index is 12.4. The number of hydrogen-bond acceptors (Lipinski definition) is 7. The summed E-state index contributed by atoms with van der Waals surface area (Å²) in [5.74, 6) is -0.745. The van der Waals surface area contributed by atoms with Gasteiger partial charge in [-0.05, 0) is 38.5 Å². The molecule has 0 radical (unpaired) electrons. The van der Waals surface area contributed by atoms with E-state index in [1.54, 1.807) is 39.0 Å².